The predicted octanol–water partition coefficient (Wildman–Crippen LogP) is 5.04. The molecule has 0 aromatic heterocycles. The van der Waals surface area contributed by atoms with Crippen molar-refractivity contribution in [1.82, 2.24) is 0 Å². The summed E-state index contributed by atoms with van der Waals surface area (Å²) in [5.41, 5.74) is 0. The fraction of sp³-hybridized carbons (Fsp3) is 1.00. The van der Waals surface area contributed by atoms with Crippen molar-refractivity contribution in [3.63, 3.8) is 0 Å². The Hall–Kier alpha value is -0.560. The highest BCUT2D eigenvalue weighted by Gasteiger charge is 2.90. The highest BCUT2D eigenvalue weighted by Crippen LogP contribution is 2.60. The largest absolute Gasteiger partial charge is 0.460 e. The second-order valence-corrected chi connectivity index (χ2v) is 4.87. The molecule has 0 spiro atoms. The minimum atomic E-state index is -7.85. The molecule has 22 heavy (non-hydrogen) atoms. The average molecular weight is 380 g/mol. The van der Waals surface area contributed by atoms with Crippen molar-refractivity contribution in [2.45, 2.75) is 48.0 Å². The van der Waals surface area contributed by atoms with Gasteiger partial charge < -0.3 is 0 Å². The van der Waals surface area contributed by atoms with Gasteiger partial charge in [0.05, 0.1) is 5.25 Å². The van der Waals surface area contributed by atoms with E-state index in [-0.39, 0.29) is 6.92 Å². The Labute approximate surface area is 119 Å². The van der Waals surface area contributed by atoms with Gasteiger partial charge in [0.15, 0.2) is 0 Å². The monoisotopic (exact) mass is 380 g/mol. The first kappa shape index (κ1) is 21.4. The van der Waals surface area contributed by atoms with Crippen LogP contribution in [0.3, 0.4) is 0 Å². The van der Waals surface area contributed by atoms with Crippen LogP contribution in [0.25, 0.3) is 0 Å². The Morgan fingerprint density at radius 2 is 0.818 bits per heavy atom. The predicted molar refractivity (Wildman–Crippen MR) is 49.2 cm³/mol. The maximum absolute atomic E-state index is 12.9. The highest BCUT2D eigenvalue weighted by molar-refractivity contribution is 7.81. The Kier molecular flexibility index (Phi) is 5.09. The third kappa shape index (κ3) is 2.60. The molecule has 1 unspecified atom stereocenters. The number of alkyl halides is 13. The van der Waals surface area contributed by atoms with Gasteiger partial charge in [0.2, 0.25) is 0 Å². The van der Waals surface area contributed by atoms with Crippen molar-refractivity contribution in [2.24, 2.45) is 0 Å². The summed E-state index contributed by atoms with van der Waals surface area (Å²) >= 11 is 2.61. The van der Waals surface area contributed by atoms with E-state index in [1.807, 2.05) is 0 Å². The average Bonchev–Trinajstić information content (AvgIpc) is 2.25. The normalized spacial score (nSPS) is 17.6. The number of rotatable bonds is 5. The van der Waals surface area contributed by atoms with Crippen LogP contribution in [-0.2, 0) is 0 Å². The van der Waals surface area contributed by atoms with Gasteiger partial charge in [0.1, 0.15) is 0 Å². The van der Waals surface area contributed by atoms with Gasteiger partial charge >= 0.3 is 35.8 Å². The lowest BCUT2D eigenvalue weighted by atomic mass is 9.93. The smallest absolute Gasteiger partial charge is 0.198 e. The lowest BCUT2D eigenvalue weighted by Gasteiger charge is -2.40. The zero-order chi connectivity index (χ0) is 18.6. The molecule has 0 nitrogen and oxygen atoms in total. The Bertz CT molecular complexity index is 407. The number of thiol groups is 1. The molecule has 1 atom stereocenters. The summed E-state index contributed by atoms with van der Waals surface area (Å²) in [5, 5.41) is -3.07. The molecule has 0 saturated carbocycles. The maximum Gasteiger partial charge on any atom is 0.460 e. The molecule has 0 saturated heterocycles. The molecule has 0 aromatic rings. The van der Waals surface area contributed by atoms with Crippen LogP contribution in [0, 0.1) is 0 Å². The van der Waals surface area contributed by atoms with Crippen molar-refractivity contribution in [1.29, 1.82) is 0 Å². The van der Waals surface area contributed by atoms with Crippen molar-refractivity contribution < 1.29 is 57.1 Å². The number of hydrogen-bond acceptors (Lipinski definition) is 1. The van der Waals surface area contributed by atoms with E-state index >= 15 is 0 Å². The van der Waals surface area contributed by atoms with Gasteiger partial charge in [-0.15, -0.1) is 0 Å². The van der Waals surface area contributed by atoms with Gasteiger partial charge in [0, 0.05) is 0 Å². The molecule has 0 rings (SSSR count). The minimum Gasteiger partial charge on any atom is -0.198 e. The van der Waals surface area contributed by atoms with E-state index < -0.39 is 41.0 Å². The van der Waals surface area contributed by atoms with E-state index in [0.717, 1.165) is 0 Å². The Balaban J connectivity index is 6.24. The van der Waals surface area contributed by atoms with Crippen LogP contribution in [0.4, 0.5) is 57.1 Å². The fourth-order valence-electron chi connectivity index (χ4n) is 1.04. The summed E-state index contributed by atoms with van der Waals surface area (Å²) in [6, 6.07) is 0. The zero-order valence-electron chi connectivity index (χ0n) is 9.94. The molecule has 0 aliphatic carbocycles. The molecule has 0 aromatic carbocycles. The maximum atomic E-state index is 12.9. The first-order chi connectivity index (χ1) is 9.19. The summed E-state index contributed by atoms with van der Waals surface area (Å²) in [6.07, 6.45) is -7.39. The van der Waals surface area contributed by atoms with Gasteiger partial charge in [0.25, 0.3) is 0 Å². The SMILES string of the molecule is CC(S)C(F)(F)C(F)(F)C(F)(F)C(F)(F)C(F)(F)C(F)(F)F. The Morgan fingerprint density at radius 1 is 0.545 bits per heavy atom. The molecule has 0 fully saturated rings. The molecule has 0 aliphatic heterocycles. The quantitative estimate of drug-likeness (QED) is 0.501. The first-order valence-electron chi connectivity index (χ1n) is 4.83. The first-order valence-corrected chi connectivity index (χ1v) is 5.35. The van der Waals surface area contributed by atoms with Gasteiger partial charge in [-0.05, 0) is 6.92 Å². The second kappa shape index (κ2) is 5.23. The summed E-state index contributed by atoms with van der Waals surface area (Å²) in [7, 11) is 0. The van der Waals surface area contributed by atoms with E-state index in [4.69, 9.17) is 0 Å². The lowest BCUT2D eigenvalue weighted by molar-refractivity contribution is -0.439. The summed E-state index contributed by atoms with van der Waals surface area (Å²) < 4.78 is 163. The molecule has 0 aliphatic rings. The van der Waals surface area contributed by atoms with Crippen LogP contribution >= 0.6 is 12.6 Å². The van der Waals surface area contributed by atoms with E-state index in [9.17, 15) is 57.1 Å². The number of hydrogen-bond donors (Lipinski definition) is 1. The van der Waals surface area contributed by atoms with E-state index in [0.29, 0.717) is 0 Å². The van der Waals surface area contributed by atoms with E-state index in [2.05, 4.69) is 12.6 Å². The number of halogens is 13. The van der Waals surface area contributed by atoms with Crippen LogP contribution in [-0.4, -0.2) is 41.0 Å². The zero-order valence-corrected chi connectivity index (χ0v) is 10.8. The third-order valence-electron chi connectivity index (χ3n) is 2.48. The van der Waals surface area contributed by atoms with Gasteiger partial charge in [-0.3, -0.25) is 0 Å². The molecular formula is C8H5F13S. The fourth-order valence-corrected chi connectivity index (χ4v) is 1.21. The molecule has 0 amide bonds. The van der Waals surface area contributed by atoms with Crippen LogP contribution in [0.15, 0.2) is 0 Å². The van der Waals surface area contributed by atoms with Crippen LogP contribution < -0.4 is 0 Å². The van der Waals surface area contributed by atoms with Crippen molar-refractivity contribution in [3.05, 3.63) is 0 Å². The van der Waals surface area contributed by atoms with Crippen LogP contribution in [0.2, 0.25) is 0 Å². The van der Waals surface area contributed by atoms with E-state index in [1.165, 1.54) is 0 Å². The standard InChI is InChI=1S/C8H5F13S/c1-2(22)3(9,10)4(11,12)5(13,14)6(15,16)7(17,18)8(19,20)21/h2,22H,1H3. The van der Waals surface area contributed by atoms with E-state index in [1.54, 1.807) is 0 Å². The molecule has 0 bridgehead atoms. The molecule has 0 radical (unpaired) electrons. The third-order valence-corrected chi connectivity index (χ3v) is 2.81. The summed E-state index contributed by atoms with van der Waals surface area (Å²) in [5.74, 6) is -36.7. The minimum absolute atomic E-state index is 0.0210. The van der Waals surface area contributed by atoms with Crippen molar-refractivity contribution in [3.8, 4) is 0 Å². The molecule has 134 valence electrons. The lowest BCUT2D eigenvalue weighted by Crippen LogP contribution is -2.71. The van der Waals surface area contributed by atoms with Crippen LogP contribution in [0.5, 0.6) is 0 Å². The summed E-state index contributed by atoms with van der Waals surface area (Å²) in [6.45, 7) is 0.0210. The molecule has 14 heteroatoms. The topological polar surface area (TPSA) is 0 Å². The highest BCUT2D eigenvalue weighted by atomic mass is 32.1. The van der Waals surface area contributed by atoms with Crippen molar-refractivity contribution >= 4 is 12.6 Å². The van der Waals surface area contributed by atoms with Gasteiger partial charge in [-0.25, -0.2) is 0 Å². The molecule has 0 heterocycles. The Morgan fingerprint density at radius 3 is 1.05 bits per heavy atom. The van der Waals surface area contributed by atoms with Gasteiger partial charge in [-0.2, -0.15) is 69.7 Å². The summed E-state index contributed by atoms with van der Waals surface area (Å²) in [4.78, 5) is 0. The van der Waals surface area contributed by atoms with Crippen LogP contribution in [0.1, 0.15) is 6.92 Å². The second-order valence-electron chi connectivity index (χ2n) is 4.09. The van der Waals surface area contributed by atoms with Crippen molar-refractivity contribution in [2.75, 3.05) is 0 Å². The molecular weight excluding hydrogens is 375 g/mol. The van der Waals surface area contributed by atoms with Gasteiger partial charge in [-0.1, -0.05) is 0 Å². The molecule has 0 N–H and O–H groups in total.